The second-order valence-electron chi connectivity index (χ2n) is 6.80. The molecule has 0 saturated heterocycles. The molecule has 0 amide bonds. The molecule has 0 spiro atoms. The van der Waals surface area contributed by atoms with E-state index in [0.717, 1.165) is 29.7 Å². The van der Waals surface area contributed by atoms with Crippen LogP contribution in [-0.4, -0.2) is 24.4 Å². The summed E-state index contributed by atoms with van der Waals surface area (Å²) >= 11 is 12.1. The van der Waals surface area contributed by atoms with Crippen LogP contribution in [0.3, 0.4) is 0 Å². The summed E-state index contributed by atoms with van der Waals surface area (Å²) in [5.74, 6) is 1.34. The van der Waals surface area contributed by atoms with Gasteiger partial charge in [0.1, 0.15) is 16.5 Å². The first-order chi connectivity index (χ1) is 12.2. The summed E-state index contributed by atoms with van der Waals surface area (Å²) < 4.78 is 11.1. The first-order valence-electron chi connectivity index (χ1n) is 8.44. The van der Waals surface area contributed by atoms with Gasteiger partial charge in [-0.1, -0.05) is 35.3 Å². The summed E-state index contributed by atoms with van der Waals surface area (Å²) in [6, 6.07) is 10.9. The Morgan fingerprint density at radius 3 is 2.48 bits per heavy atom. The Hall–Kier alpha value is -1.17. The Balaban J connectivity index is 0.00000364. The van der Waals surface area contributed by atoms with E-state index < -0.39 is 11.6 Å². The lowest BCUT2D eigenvalue weighted by atomic mass is 9.91. The van der Waals surface area contributed by atoms with Gasteiger partial charge in [0.2, 0.25) is 0 Å². The molecule has 0 heterocycles. The average molecular weight is 435 g/mol. The van der Waals surface area contributed by atoms with E-state index >= 15 is 0 Å². The Kier molecular flexibility index (Phi) is 9.19. The topological polar surface area (TPSA) is 64.7 Å². The van der Waals surface area contributed by atoms with Gasteiger partial charge in [0.05, 0.1) is 24.8 Å². The average Bonchev–Trinajstić information content (AvgIpc) is 2.60. The maximum atomic E-state index is 10.4. The van der Waals surface area contributed by atoms with E-state index in [2.05, 4.69) is 0 Å². The van der Waals surface area contributed by atoms with E-state index in [4.69, 9.17) is 38.4 Å². The largest absolute Gasteiger partial charge is 0.496 e. The van der Waals surface area contributed by atoms with Crippen molar-refractivity contribution in [1.29, 1.82) is 0 Å². The fourth-order valence-electron chi connectivity index (χ4n) is 2.63. The van der Waals surface area contributed by atoms with Crippen LogP contribution in [0.2, 0.25) is 10.0 Å². The maximum Gasteiger partial charge on any atom is 0.139 e. The van der Waals surface area contributed by atoms with Gasteiger partial charge in [-0.2, -0.15) is 0 Å². The second kappa shape index (κ2) is 10.4. The van der Waals surface area contributed by atoms with Gasteiger partial charge in [-0.05, 0) is 62.1 Å². The van der Waals surface area contributed by atoms with E-state index in [0.29, 0.717) is 22.4 Å². The summed E-state index contributed by atoms with van der Waals surface area (Å²) in [6.07, 6.45) is 0.728. The van der Waals surface area contributed by atoms with E-state index in [9.17, 15) is 5.11 Å². The monoisotopic (exact) mass is 433 g/mol. The molecule has 0 aliphatic heterocycles. The highest BCUT2D eigenvalue weighted by molar-refractivity contribution is 6.42. The lowest BCUT2D eigenvalue weighted by molar-refractivity contribution is 0.104. The number of benzene rings is 2. The second-order valence-corrected chi connectivity index (χ2v) is 7.58. The van der Waals surface area contributed by atoms with Crippen molar-refractivity contribution >= 4 is 35.6 Å². The van der Waals surface area contributed by atoms with Crippen LogP contribution in [0, 0.1) is 0 Å². The minimum Gasteiger partial charge on any atom is -0.496 e. The Morgan fingerprint density at radius 1 is 1.15 bits per heavy atom. The first-order valence-corrected chi connectivity index (χ1v) is 9.20. The highest BCUT2D eigenvalue weighted by Gasteiger charge is 2.25. The third-order valence-electron chi connectivity index (χ3n) is 4.09. The summed E-state index contributed by atoms with van der Waals surface area (Å²) in [6.45, 7) is 4.08. The number of hydrogen-bond acceptors (Lipinski definition) is 4. The van der Waals surface area contributed by atoms with Crippen molar-refractivity contribution in [3.05, 3.63) is 57.6 Å². The number of methoxy groups -OCH3 is 1. The number of ether oxygens (including phenoxy) is 2. The molecule has 2 aromatic rings. The van der Waals surface area contributed by atoms with Crippen LogP contribution < -0.4 is 15.2 Å². The molecule has 0 radical (unpaired) electrons. The zero-order chi connectivity index (χ0) is 19.3. The molecule has 4 nitrogen and oxygen atoms in total. The highest BCUT2D eigenvalue weighted by Crippen LogP contribution is 2.32. The Bertz CT molecular complexity index is 748. The number of rotatable bonds is 8. The van der Waals surface area contributed by atoms with Crippen LogP contribution in [0.15, 0.2) is 36.4 Å². The van der Waals surface area contributed by atoms with Crippen molar-refractivity contribution in [2.75, 3.05) is 13.7 Å². The minimum atomic E-state index is -0.756. The minimum absolute atomic E-state index is 0. The van der Waals surface area contributed by atoms with Gasteiger partial charge in [-0.15, -0.1) is 12.4 Å². The van der Waals surface area contributed by atoms with Gasteiger partial charge in [0.25, 0.3) is 0 Å². The molecule has 2 rings (SSSR count). The molecular weight excluding hydrogens is 409 g/mol. The smallest absolute Gasteiger partial charge is 0.139 e. The molecule has 0 unspecified atom stereocenters. The van der Waals surface area contributed by atoms with Crippen molar-refractivity contribution in [3.8, 4) is 11.5 Å². The standard InChI is InChI=1S/C20H25Cl2NO3.ClH/c1-20(2,23)19(24)14-9-10-16(25-3)13(12-14)6-5-11-26-17-8-4-7-15(21)18(17)22;/h4,7-10,12,19,24H,5-6,11,23H2,1-3H3;1H/t19-;/m1./s1. The number of aliphatic hydroxyl groups excluding tert-OH is 1. The molecule has 2 aromatic carbocycles. The van der Waals surface area contributed by atoms with Gasteiger partial charge in [0, 0.05) is 5.54 Å². The molecular formula is C20H26Cl3NO3. The fourth-order valence-corrected chi connectivity index (χ4v) is 2.98. The van der Waals surface area contributed by atoms with Crippen molar-refractivity contribution in [2.24, 2.45) is 5.73 Å². The van der Waals surface area contributed by atoms with E-state index in [1.54, 1.807) is 39.2 Å². The van der Waals surface area contributed by atoms with Crippen LogP contribution in [0.1, 0.15) is 37.5 Å². The van der Waals surface area contributed by atoms with Gasteiger partial charge < -0.3 is 20.3 Å². The zero-order valence-electron chi connectivity index (χ0n) is 15.7. The third kappa shape index (κ3) is 6.44. The van der Waals surface area contributed by atoms with Crippen molar-refractivity contribution in [3.63, 3.8) is 0 Å². The Morgan fingerprint density at radius 2 is 1.85 bits per heavy atom. The predicted octanol–water partition coefficient (Wildman–Crippen LogP) is 5.21. The summed E-state index contributed by atoms with van der Waals surface area (Å²) in [7, 11) is 1.63. The lowest BCUT2D eigenvalue weighted by Gasteiger charge is -2.26. The zero-order valence-corrected chi connectivity index (χ0v) is 18.0. The van der Waals surface area contributed by atoms with Crippen LogP contribution in [0.5, 0.6) is 11.5 Å². The number of halogens is 3. The predicted molar refractivity (Wildman–Crippen MR) is 114 cm³/mol. The van der Waals surface area contributed by atoms with Crippen LogP contribution in [0.25, 0.3) is 0 Å². The molecule has 0 fully saturated rings. The summed E-state index contributed by atoms with van der Waals surface area (Å²) in [4.78, 5) is 0. The van der Waals surface area contributed by atoms with Gasteiger partial charge in [-0.3, -0.25) is 0 Å². The molecule has 0 bridgehead atoms. The first kappa shape index (κ1) is 23.9. The van der Waals surface area contributed by atoms with Crippen LogP contribution in [0.4, 0.5) is 0 Å². The number of nitrogens with two attached hydrogens (primary N) is 1. The molecule has 0 aromatic heterocycles. The molecule has 7 heteroatoms. The SMILES string of the molecule is COc1ccc([C@@H](O)C(C)(C)N)cc1CCCOc1cccc(Cl)c1Cl.Cl. The Labute approximate surface area is 177 Å². The molecule has 1 atom stereocenters. The molecule has 150 valence electrons. The van der Waals surface area contributed by atoms with Crippen molar-refractivity contribution < 1.29 is 14.6 Å². The lowest BCUT2D eigenvalue weighted by Crippen LogP contribution is -2.39. The fraction of sp³-hybridized carbons (Fsp3) is 0.400. The van der Waals surface area contributed by atoms with Gasteiger partial charge >= 0.3 is 0 Å². The molecule has 0 aliphatic rings. The molecule has 3 N–H and O–H groups in total. The van der Waals surface area contributed by atoms with E-state index in [1.165, 1.54) is 0 Å². The molecule has 0 aliphatic carbocycles. The maximum absolute atomic E-state index is 10.4. The summed E-state index contributed by atoms with van der Waals surface area (Å²) in [5, 5.41) is 11.3. The van der Waals surface area contributed by atoms with Crippen LogP contribution in [-0.2, 0) is 6.42 Å². The normalized spacial score (nSPS) is 12.3. The van der Waals surface area contributed by atoms with Crippen molar-refractivity contribution in [2.45, 2.75) is 38.3 Å². The van der Waals surface area contributed by atoms with Crippen LogP contribution >= 0.6 is 35.6 Å². The van der Waals surface area contributed by atoms with Gasteiger partial charge in [-0.25, -0.2) is 0 Å². The number of aryl methyl sites for hydroxylation is 1. The highest BCUT2D eigenvalue weighted by atomic mass is 35.5. The molecule has 0 saturated carbocycles. The number of aliphatic hydroxyl groups is 1. The van der Waals surface area contributed by atoms with E-state index in [1.807, 2.05) is 18.2 Å². The molecule has 27 heavy (non-hydrogen) atoms. The van der Waals surface area contributed by atoms with E-state index in [-0.39, 0.29) is 12.4 Å². The van der Waals surface area contributed by atoms with Crippen molar-refractivity contribution in [1.82, 2.24) is 0 Å². The van der Waals surface area contributed by atoms with Gasteiger partial charge in [0.15, 0.2) is 0 Å². The third-order valence-corrected chi connectivity index (χ3v) is 4.89. The summed E-state index contributed by atoms with van der Waals surface area (Å²) in [5.41, 5.74) is 7.06. The number of hydrogen-bond donors (Lipinski definition) is 2. The quantitative estimate of drug-likeness (QED) is 0.560.